The van der Waals surface area contributed by atoms with Crippen molar-refractivity contribution in [2.24, 2.45) is 0 Å². The molecule has 2 heterocycles. The number of hydrogen-bond acceptors (Lipinski definition) is 5. The van der Waals surface area contributed by atoms with Crippen molar-refractivity contribution in [1.29, 1.82) is 0 Å². The van der Waals surface area contributed by atoms with Crippen molar-refractivity contribution in [3.8, 4) is 0 Å². The molecule has 19 heavy (non-hydrogen) atoms. The highest BCUT2D eigenvalue weighted by Gasteiger charge is 2.37. The highest BCUT2D eigenvalue weighted by atomic mass is 35.5. The fourth-order valence-corrected chi connectivity index (χ4v) is 1.000. The van der Waals surface area contributed by atoms with Gasteiger partial charge in [0.25, 0.3) is 6.43 Å². The molecule has 1 aliphatic rings. The number of halogens is 6. The van der Waals surface area contributed by atoms with E-state index in [1.807, 2.05) is 5.43 Å². The molecule has 106 valence electrons. The highest BCUT2D eigenvalue weighted by molar-refractivity contribution is 6.12. The number of rotatable bonds is 1. The van der Waals surface area contributed by atoms with Gasteiger partial charge in [0, 0.05) is 30.4 Å². The molecular weight excluding hydrogens is 297 g/mol. The molecule has 2 N–H and O–H groups in total. The third-order valence-electron chi connectivity index (χ3n) is 1.63. The smallest absolute Gasteiger partial charge is 0.292 e. The van der Waals surface area contributed by atoms with Crippen molar-refractivity contribution in [3.63, 3.8) is 0 Å². The lowest BCUT2D eigenvalue weighted by Gasteiger charge is -2.09. The average molecular weight is 304 g/mol. The van der Waals surface area contributed by atoms with Crippen molar-refractivity contribution in [1.82, 2.24) is 25.5 Å². The van der Waals surface area contributed by atoms with E-state index in [1.165, 1.54) is 18.5 Å². The van der Waals surface area contributed by atoms with Crippen molar-refractivity contribution < 1.29 is 22.0 Å². The van der Waals surface area contributed by atoms with E-state index in [2.05, 4.69) is 15.4 Å². The Bertz CT molecular complexity index is 423. The van der Waals surface area contributed by atoms with E-state index in [0.29, 0.717) is 4.64 Å². The fraction of sp³-hybridized carbons (Fsp3) is 0.250. The molecule has 0 spiro atoms. The van der Waals surface area contributed by atoms with Crippen LogP contribution in [0.3, 0.4) is 0 Å². The zero-order valence-corrected chi connectivity index (χ0v) is 9.75. The van der Waals surface area contributed by atoms with Crippen LogP contribution in [0.1, 0.15) is 12.2 Å². The van der Waals surface area contributed by atoms with E-state index in [1.54, 1.807) is 0 Å². The topological polar surface area (TPSA) is 53.1 Å². The number of nitrogens with one attached hydrogen (secondary N) is 2. The summed E-state index contributed by atoms with van der Waals surface area (Å²) >= 11 is 5.07. The molecule has 1 aromatic heterocycles. The van der Waals surface area contributed by atoms with Gasteiger partial charge in [0.15, 0.2) is 11.5 Å². The van der Waals surface area contributed by atoms with Crippen LogP contribution in [0, 0.1) is 0 Å². The van der Waals surface area contributed by atoms with Crippen molar-refractivity contribution >= 4 is 11.8 Å². The van der Waals surface area contributed by atoms with Gasteiger partial charge in [-0.25, -0.2) is 18.7 Å². The summed E-state index contributed by atoms with van der Waals surface area (Å²) in [7, 11) is 0. The van der Waals surface area contributed by atoms with E-state index < -0.39 is 24.1 Å². The second kappa shape index (κ2) is 6.48. The first kappa shape index (κ1) is 15.4. The Morgan fingerprint density at radius 1 is 1.21 bits per heavy atom. The predicted molar refractivity (Wildman–Crippen MR) is 55.1 cm³/mol. The fourth-order valence-electron chi connectivity index (χ4n) is 0.860. The van der Waals surface area contributed by atoms with Crippen LogP contribution in [0.4, 0.5) is 22.0 Å². The van der Waals surface area contributed by atoms with Gasteiger partial charge in [-0.2, -0.15) is 13.2 Å². The average Bonchev–Trinajstić information content (AvgIpc) is 2.78. The van der Waals surface area contributed by atoms with Gasteiger partial charge in [0.05, 0.1) is 0 Å². The molecule has 0 radical (unpaired) electrons. The number of allylic oxidation sites excluding steroid dienone is 1. The van der Waals surface area contributed by atoms with Gasteiger partial charge in [-0.05, 0) is 10.7 Å². The van der Waals surface area contributed by atoms with Gasteiger partial charge in [-0.1, -0.05) is 0 Å². The minimum absolute atomic E-state index is 0.419. The van der Waals surface area contributed by atoms with Gasteiger partial charge < -0.3 is 0 Å². The molecule has 11 heteroatoms. The first-order valence-electron chi connectivity index (χ1n) is 4.62. The molecule has 0 saturated heterocycles. The van der Waals surface area contributed by atoms with Gasteiger partial charge >= 0.3 is 6.18 Å². The van der Waals surface area contributed by atoms with Crippen molar-refractivity contribution in [3.05, 3.63) is 36.2 Å². The molecule has 2 rings (SSSR count). The van der Waals surface area contributed by atoms with E-state index in [0.717, 1.165) is 6.20 Å². The number of alkyl halides is 5. The maximum Gasteiger partial charge on any atom is 0.433 e. The Morgan fingerprint density at radius 3 is 2.05 bits per heavy atom. The zero-order valence-electron chi connectivity index (χ0n) is 9.00. The van der Waals surface area contributed by atoms with Crippen LogP contribution in [0.15, 0.2) is 30.4 Å². The van der Waals surface area contributed by atoms with Crippen LogP contribution in [0.5, 0.6) is 0 Å². The third-order valence-corrected chi connectivity index (χ3v) is 1.81. The van der Waals surface area contributed by atoms with Gasteiger partial charge in [-0.15, -0.1) is 0 Å². The van der Waals surface area contributed by atoms with Crippen molar-refractivity contribution in [2.45, 2.75) is 12.6 Å². The summed E-state index contributed by atoms with van der Waals surface area (Å²) in [4.78, 5) is 6.63. The van der Waals surface area contributed by atoms with Gasteiger partial charge in [0.1, 0.15) is 0 Å². The number of nitrogens with zero attached hydrogens (tertiary/aromatic N) is 3. The first-order valence-corrected chi connectivity index (χ1v) is 4.95. The summed E-state index contributed by atoms with van der Waals surface area (Å²) in [6, 6.07) is 1.49. The van der Waals surface area contributed by atoms with E-state index >= 15 is 0 Å². The van der Waals surface area contributed by atoms with Crippen LogP contribution in [0.25, 0.3) is 0 Å². The number of aromatic nitrogens is 2. The normalized spacial score (nSPS) is 15.2. The quantitative estimate of drug-likeness (QED) is 0.616. The first-order chi connectivity index (χ1) is 8.80. The minimum atomic E-state index is -4.38. The summed E-state index contributed by atoms with van der Waals surface area (Å²) in [6.07, 6.45) is -3.64. The van der Waals surface area contributed by atoms with Crippen LogP contribution in [0.2, 0.25) is 0 Å². The standard InChI is InChI=1S/C5H4F2N2.C3H3ClF3N3/c6-4(7)5-8-2-1-3-9-5;4-10-8-1-2(9-10)3(5,6)7/h1-4H;1,8-9H. The van der Waals surface area contributed by atoms with Crippen molar-refractivity contribution in [2.75, 3.05) is 0 Å². The lowest BCUT2D eigenvalue weighted by atomic mass is 10.5. The van der Waals surface area contributed by atoms with Crippen LogP contribution in [-0.2, 0) is 0 Å². The molecule has 0 aliphatic carbocycles. The Morgan fingerprint density at radius 2 is 1.79 bits per heavy atom. The third kappa shape index (κ3) is 5.22. The van der Waals surface area contributed by atoms with Crippen LogP contribution in [-0.4, -0.2) is 20.8 Å². The Balaban J connectivity index is 0.000000191. The summed E-state index contributed by atoms with van der Waals surface area (Å²) < 4.78 is 58.9. The molecule has 5 nitrogen and oxygen atoms in total. The molecule has 1 aromatic rings. The summed E-state index contributed by atoms with van der Waals surface area (Å²) in [6.45, 7) is 0. The summed E-state index contributed by atoms with van der Waals surface area (Å²) in [5.74, 6) is -0.419. The molecule has 0 saturated carbocycles. The van der Waals surface area contributed by atoms with Gasteiger partial charge in [0.2, 0.25) is 0 Å². The predicted octanol–water partition coefficient (Wildman–Crippen LogP) is 2.28. The summed E-state index contributed by atoms with van der Waals surface area (Å²) in [5.41, 5.74) is 2.98. The second-order valence-electron chi connectivity index (χ2n) is 2.99. The SMILES string of the molecule is FC(F)(F)C1=CNN(Cl)N1.FC(F)c1ncccn1. The summed E-state index contributed by atoms with van der Waals surface area (Å²) in [5, 5.41) is 0. The second-order valence-corrected chi connectivity index (χ2v) is 3.32. The largest absolute Gasteiger partial charge is 0.433 e. The maximum absolute atomic E-state index is 11.7. The molecule has 1 aliphatic heterocycles. The molecular formula is C8H7ClF5N5. The lowest BCUT2D eigenvalue weighted by molar-refractivity contribution is -0.0984. The Hall–Kier alpha value is -1.68. The monoisotopic (exact) mass is 303 g/mol. The zero-order chi connectivity index (χ0) is 14.5. The minimum Gasteiger partial charge on any atom is -0.292 e. The maximum atomic E-state index is 11.7. The molecule has 0 unspecified atom stereocenters. The van der Waals surface area contributed by atoms with E-state index in [-0.39, 0.29) is 0 Å². The number of hydrazine groups is 2. The van der Waals surface area contributed by atoms with Crippen LogP contribution < -0.4 is 10.9 Å². The molecule has 0 atom stereocenters. The number of hydrogen-bond donors (Lipinski definition) is 2. The van der Waals surface area contributed by atoms with E-state index in [4.69, 9.17) is 11.8 Å². The highest BCUT2D eigenvalue weighted by Crippen LogP contribution is 2.24. The lowest BCUT2D eigenvalue weighted by Crippen LogP contribution is -2.33. The molecule has 0 aromatic carbocycles. The van der Waals surface area contributed by atoms with Gasteiger partial charge in [-0.3, -0.25) is 10.9 Å². The van der Waals surface area contributed by atoms with E-state index in [9.17, 15) is 22.0 Å². The Kier molecular flexibility index (Phi) is 5.24. The molecule has 0 bridgehead atoms. The molecule has 0 amide bonds. The molecule has 0 fully saturated rings. The van der Waals surface area contributed by atoms with Crippen LogP contribution >= 0.6 is 11.8 Å². The Labute approximate surface area is 109 Å².